The molecular formula is C21H23ClN2O4. The first kappa shape index (κ1) is 21.4. The topological polar surface area (TPSA) is 95.5 Å². The molecule has 2 aromatic carbocycles. The number of halogens is 1. The van der Waals surface area contributed by atoms with Gasteiger partial charge in [-0.25, -0.2) is 4.79 Å². The summed E-state index contributed by atoms with van der Waals surface area (Å²) in [6.45, 7) is 1.86. The van der Waals surface area contributed by atoms with Crippen LogP contribution in [0.4, 0.5) is 0 Å². The molecule has 2 aromatic rings. The highest BCUT2D eigenvalue weighted by Crippen LogP contribution is 2.17. The fourth-order valence-electron chi connectivity index (χ4n) is 2.72. The van der Waals surface area contributed by atoms with Crippen molar-refractivity contribution in [1.29, 1.82) is 0 Å². The van der Waals surface area contributed by atoms with E-state index in [1.807, 2.05) is 37.3 Å². The molecule has 0 aliphatic rings. The fraction of sp³-hybridized carbons (Fsp3) is 0.286. The predicted molar refractivity (Wildman–Crippen MR) is 107 cm³/mol. The molecule has 7 heteroatoms. The normalized spacial score (nSPS) is 12.6. The van der Waals surface area contributed by atoms with Gasteiger partial charge in [0.2, 0.25) is 11.8 Å². The Labute approximate surface area is 168 Å². The lowest BCUT2D eigenvalue weighted by molar-refractivity contribution is -0.141. The van der Waals surface area contributed by atoms with Crippen molar-refractivity contribution < 1.29 is 19.5 Å². The third kappa shape index (κ3) is 6.70. The summed E-state index contributed by atoms with van der Waals surface area (Å²) in [7, 11) is 0. The zero-order chi connectivity index (χ0) is 20.5. The van der Waals surface area contributed by atoms with Crippen molar-refractivity contribution in [1.82, 2.24) is 10.6 Å². The second-order valence-electron chi connectivity index (χ2n) is 6.45. The molecule has 0 radical (unpaired) electrons. The van der Waals surface area contributed by atoms with Crippen LogP contribution in [-0.2, 0) is 20.8 Å². The lowest BCUT2D eigenvalue weighted by atomic mass is 10.1. The minimum absolute atomic E-state index is 0.0264. The lowest BCUT2D eigenvalue weighted by Crippen LogP contribution is -2.42. The molecule has 0 heterocycles. The third-order valence-electron chi connectivity index (χ3n) is 4.27. The predicted octanol–water partition coefficient (Wildman–Crippen LogP) is 3.11. The summed E-state index contributed by atoms with van der Waals surface area (Å²) in [6.07, 6.45) is -0.0565. The van der Waals surface area contributed by atoms with Crippen LogP contribution in [0.5, 0.6) is 0 Å². The van der Waals surface area contributed by atoms with Gasteiger partial charge in [-0.05, 0) is 24.1 Å². The maximum absolute atomic E-state index is 12.1. The molecule has 0 saturated heterocycles. The van der Waals surface area contributed by atoms with E-state index in [0.717, 1.165) is 5.56 Å². The van der Waals surface area contributed by atoms with Crippen molar-refractivity contribution in [3.63, 3.8) is 0 Å². The number of benzene rings is 2. The van der Waals surface area contributed by atoms with Gasteiger partial charge in [-0.1, -0.05) is 60.1 Å². The van der Waals surface area contributed by atoms with Crippen molar-refractivity contribution in [2.45, 2.75) is 38.3 Å². The Bertz CT molecular complexity index is 826. The van der Waals surface area contributed by atoms with Gasteiger partial charge in [-0.15, -0.1) is 0 Å². The average molecular weight is 403 g/mol. The first-order valence-electron chi connectivity index (χ1n) is 8.96. The van der Waals surface area contributed by atoms with Crippen molar-refractivity contribution in [3.8, 4) is 0 Å². The molecule has 0 spiro atoms. The van der Waals surface area contributed by atoms with Crippen LogP contribution in [0, 0.1) is 0 Å². The van der Waals surface area contributed by atoms with E-state index in [9.17, 15) is 19.5 Å². The number of carbonyl (C=O) groups excluding carboxylic acids is 2. The minimum Gasteiger partial charge on any atom is -0.480 e. The smallest absolute Gasteiger partial charge is 0.326 e. The number of aliphatic carboxylic acids is 1. The van der Waals surface area contributed by atoms with E-state index in [0.29, 0.717) is 10.6 Å². The summed E-state index contributed by atoms with van der Waals surface area (Å²) in [5, 5.41) is 15.1. The quantitative estimate of drug-likeness (QED) is 0.600. The Balaban J connectivity index is 1.83. The lowest BCUT2D eigenvalue weighted by Gasteiger charge is -2.16. The number of rotatable bonds is 9. The van der Waals surface area contributed by atoms with Crippen molar-refractivity contribution in [3.05, 3.63) is 70.7 Å². The van der Waals surface area contributed by atoms with Crippen LogP contribution in [0.25, 0.3) is 0 Å². The van der Waals surface area contributed by atoms with Crippen molar-refractivity contribution in [2.75, 3.05) is 0 Å². The molecule has 28 heavy (non-hydrogen) atoms. The number of hydrogen-bond acceptors (Lipinski definition) is 3. The largest absolute Gasteiger partial charge is 0.480 e. The van der Waals surface area contributed by atoms with E-state index in [1.165, 1.54) is 0 Å². The first-order chi connectivity index (χ1) is 13.4. The number of carboxylic acid groups (broad SMARTS) is 1. The van der Waals surface area contributed by atoms with Gasteiger partial charge in [-0.2, -0.15) is 0 Å². The van der Waals surface area contributed by atoms with E-state index < -0.39 is 17.9 Å². The summed E-state index contributed by atoms with van der Waals surface area (Å²) in [4.78, 5) is 35.6. The molecule has 0 fully saturated rings. The number of carboxylic acids is 1. The summed E-state index contributed by atoms with van der Waals surface area (Å²) in [6, 6.07) is 15.1. The molecule has 2 amide bonds. The summed E-state index contributed by atoms with van der Waals surface area (Å²) < 4.78 is 0. The highest BCUT2D eigenvalue weighted by Gasteiger charge is 2.22. The Morgan fingerprint density at radius 3 is 2.11 bits per heavy atom. The van der Waals surface area contributed by atoms with Gasteiger partial charge < -0.3 is 15.7 Å². The average Bonchev–Trinajstić information content (AvgIpc) is 2.68. The molecule has 0 aliphatic heterocycles. The van der Waals surface area contributed by atoms with Gasteiger partial charge >= 0.3 is 5.97 Å². The summed E-state index contributed by atoms with van der Waals surface area (Å²) in [5.74, 6) is -1.93. The zero-order valence-electron chi connectivity index (χ0n) is 15.5. The fourth-order valence-corrected chi connectivity index (χ4v) is 2.93. The molecule has 0 unspecified atom stereocenters. The van der Waals surface area contributed by atoms with E-state index >= 15 is 0 Å². The number of nitrogens with one attached hydrogen (secondary N) is 2. The van der Waals surface area contributed by atoms with Gasteiger partial charge in [0.05, 0.1) is 6.04 Å². The van der Waals surface area contributed by atoms with Gasteiger partial charge in [0.15, 0.2) is 0 Å². The maximum Gasteiger partial charge on any atom is 0.326 e. The molecule has 0 aliphatic carbocycles. The van der Waals surface area contributed by atoms with Crippen LogP contribution < -0.4 is 10.6 Å². The standard InChI is InChI=1S/C21H23ClN2O4/c1-14(15-7-3-2-4-8-15)23-19(25)11-12-20(26)24-18(21(27)28)13-16-9-5-6-10-17(16)22/h2-10,14,18H,11-13H2,1H3,(H,23,25)(H,24,26)(H,27,28)/t14-,18+/m1/s1. The molecule has 3 N–H and O–H groups in total. The van der Waals surface area contributed by atoms with Gasteiger partial charge in [-0.3, -0.25) is 9.59 Å². The minimum atomic E-state index is -1.16. The number of hydrogen-bond donors (Lipinski definition) is 3. The highest BCUT2D eigenvalue weighted by molar-refractivity contribution is 6.31. The second kappa shape index (κ2) is 10.5. The van der Waals surface area contributed by atoms with Crippen molar-refractivity contribution in [2.24, 2.45) is 0 Å². The van der Waals surface area contributed by atoms with Gasteiger partial charge in [0.1, 0.15) is 6.04 Å². The SMILES string of the molecule is C[C@@H](NC(=O)CCC(=O)N[C@@H](Cc1ccccc1Cl)C(=O)O)c1ccccc1. The Kier molecular flexibility index (Phi) is 8.02. The zero-order valence-corrected chi connectivity index (χ0v) is 16.3. The molecule has 6 nitrogen and oxygen atoms in total. The summed E-state index contributed by atoms with van der Waals surface area (Å²) >= 11 is 6.05. The van der Waals surface area contributed by atoms with Gasteiger partial charge in [0.25, 0.3) is 0 Å². The van der Waals surface area contributed by atoms with Crippen molar-refractivity contribution >= 4 is 29.4 Å². The number of carbonyl (C=O) groups is 3. The Morgan fingerprint density at radius 1 is 0.929 bits per heavy atom. The molecule has 2 rings (SSSR count). The van der Waals surface area contributed by atoms with Crippen LogP contribution >= 0.6 is 11.6 Å². The van der Waals surface area contributed by atoms with E-state index in [4.69, 9.17) is 11.6 Å². The first-order valence-corrected chi connectivity index (χ1v) is 9.34. The van der Waals surface area contributed by atoms with Gasteiger partial charge in [0, 0.05) is 24.3 Å². The molecule has 0 bridgehead atoms. The molecule has 148 valence electrons. The molecule has 0 aromatic heterocycles. The Morgan fingerprint density at radius 2 is 1.50 bits per heavy atom. The number of amides is 2. The van der Waals surface area contributed by atoms with Crippen LogP contribution in [0.1, 0.15) is 36.9 Å². The van der Waals surface area contributed by atoms with E-state index in [-0.39, 0.29) is 31.2 Å². The maximum atomic E-state index is 12.1. The summed E-state index contributed by atoms with van der Waals surface area (Å²) in [5.41, 5.74) is 1.59. The molecular weight excluding hydrogens is 380 g/mol. The van der Waals surface area contributed by atoms with Crippen LogP contribution in [0.3, 0.4) is 0 Å². The monoisotopic (exact) mass is 402 g/mol. The molecule has 0 saturated carbocycles. The van der Waals surface area contributed by atoms with Crippen LogP contribution in [0.15, 0.2) is 54.6 Å². The Hall–Kier alpha value is -2.86. The van der Waals surface area contributed by atoms with E-state index in [1.54, 1.807) is 24.3 Å². The van der Waals surface area contributed by atoms with Crippen LogP contribution in [0.2, 0.25) is 5.02 Å². The third-order valence-corrected chi connectivity index (χ3v) is 4.64. The molecule has 2 atom stereocenters. The second-order valence-corrected chi connectivity index (χ2v) is 6.86. The highest BCUT2D eigenvalue weighted by atomic mass is 35.5. The van der Waals surface area contributed by atoms with Crippen LogP contribution in [-0.4, -0.2) is 28.9 Å². The van der Waals surface area contributed by atoms with E-state index in [2.05, 4.69) is 10.6 Å².